The van der Waals surface area contributed by atoms with Crippen molar-refractivity contribution >= 4 is 15.9 Å². The zero-order valence-electron chi connectivity index (χ0n) is 12.3. The molecule has 2 N–H and O–H groups in total. The van der Waals surface area contributed by atoms with Crippen LogP contribution in [0.25, 0.3) is 0 Å². The highest BCUT2D eigenvalue weighted by atomic mass is 79.9. The maximum atomic E-state index is 14.4. The highest BCUT2D eigenvalue weighted by Crippen LogP contribution is 2.39. The van der Waals surface area contributed by atoms with Crippen molar-refractivity contribution in [2.24, 2.45) is 5.73 Å². The summed E-state index contributed by atoms with van der Waals surface area (Å²) < 4.78 is 14.9. The molecule has 0 spiro atoms. The summed E-state index contributed by atoms with van der Waals surface area (Å²) in [6, 6.07) is 5.11. The second-order valence-electron chi connectivity index (χ2n) is 5.63. The van der Waals surface area contributed by atoms with E-state index >= 15 is 0 Å². The summed E-state index contributed by atoms with van der Waals surface area (Å²) in [7, 11) is 0. The number of nitrogens with two attached hydrogens (primary N) is 1. The van der Waals surface area contributed by atoms with E-state index in [0.717, 1.165) is 25.9 Å². The van der Waals surface area contributed by atoms with Gasteiger partial charge in [-0.2, -0.15) is 0 Å². The summed E-state index contributed by atoms with van der Waals surface area (Å²) in [5.41, 5.74) is 7.02. The molecule has 20 heavy (non-hydrogen) atoms. The Bertz CT molecular complexity index is 454. The number of nitrogens with zero attached hydrogens (tertiary/aromatic N) is 1. The van der Waals surface area contributed by atoms with Crippen molar-refractivity contribution in [1.29, 1.82) is 0 Å². The van der Waals surface area contributed by atoms with Crippen molar-refractivity contribution in [3.8, 4) is 0 Å². The van der Waals surface area contributed by atoms with Crippen LogP contribution in [0, 0.1) is 5.82 Å². The van der Waals surface area contributed by atoms with Gasteiger partial charge in [-0.3, -0.25) is 4.90 Å². The van der Waals surface area contributed by atoms with E-state index < -0.39 is 0 Å². The molecule has 0 bridgehead atoms. The molecular weight excluding hydrogens is 319 g/mol. The summed E-state index contributed by atoms with van der Waals surface area (Å²) >= 11 is 3.26. The van der Waals surface area contributed by atoms with Crippen LogP contribution in [-0.2, 0) is 0 Å². The molecule has 1 aromatic carbocycles. The molecule has 4 heteroatoms. The van der Waals surface area contributed by atoms with Gasteiger partial charge < -0.3 is 5.73 Å². The molecule has 112 valence electrons. The fraction of sp³-hybridized carbons (Fsp3) is 0.625. The molecule has 1 aliphatic rings. The lowest BCUT2D eigenvalue weighted by Crippen LogP contribution is -2.54. The zero-order chi connectivity index (χ0) is 14.8. The van der Waals surface area contributed by atoms with E-state index in [2.05, 4.69) is 34.7 Å². The molecule has 1 atom stereocenters. The van der Waals surface area contributed by atoms with Crippen molar-refractivity contribution in [2.75, 3.05) is 13.1 Å². The fourth-order valence-corrected chi connectivity index (χ4v) is 3.93. The lowest BCUT2D eigenvalue weighted by atomic mass is 9.79. The van der Waals surface area contributed by atoms with Gasteiger partial charge in [-0.1, -0.05) is 26.0 Å². The van der Waals surface area contributed by atoms with E-state index in [4.69, 9.17) is 5.73 Å². The minimum Gasteiger partial charge on any atom is -0.322 e. The number of halogens is 2. The van der Waals surface area contributed by atoms with Gasteiger partial charge in [-0.25, -0.2) is 4.39 Å². The van der Waals surface area contributed by atoms with Crippen LogP contribution >= 0.6 is 15.9 Å². The van der Waals surface area contributed by atoms with E-state index in [-0.39, 0.29) is 17.4 Å². The number of benzene rings is 1. The number of hydrogen-bond acceptors (Lipinski definition) is 2. The Morgan fingerprint density at radius 3 is 2.45 bits per heavy atom. The number of rotatable bonds is 5. The normalized spacial score (nSPS) is 18.4. The molecule has 1 heterocycles. The van der Waals surface area contributed by atoms with Crippen LogP contribution in [-0.4, -0.2) is 23.5 Å². The van der Waals surface area contributed by atoms with Gasteiger partial charge in [-0.05, 0) is 60.8 Å². The molecule has 1 fully saturated rings. The van der Waals surface area contributed by atoms with Gasteiger partial charge in [0.1, 0.15) is 5.82 Å². The first-order chi connectivity index (χ1) is 9.56. The third-order valence-electron chi connectivity index (χ3n) is 4.86. The highest BCUT2D eigenvalue weighted by Gasteiger charge is 2.42. The Balaban J connectivity index is 2.40. The van der Waals surface area contributed by atoms with E-state index in [1.807, 2.05) is 12.1 Å². The second-order valence-corrected chi connectivity index (χ2v) is 6.48. The molecule has 1 aliphatic heterocycles. The third kappa shape index (κ3) is 2.66. The van der Waals surface area contributed by atoms with Crippen LogP contribution in [0.2, 0.25) is 0 Å². The standard InChI is InChI=1S/C16H24BrFN2/c1-3-16(4-2,20-10-5-6-11-20)15(19)12-8-7-9-13(17)14(12)18/h7-9,15H,3-6,10-11,19H2,1-2H3. The van der Waals surface area contributed by atoms with Crippen molar-refractivity contribution in [3.63, 3.8) is 0 Å². The maximum absolute atomic E-state index is 14.4. The minimum absolute atomic E-state index is 0.141. The molecule has 0 saturated carbocycles. The largest absolute Gasteiger partial charge is 0.322 e. The Labute approximate surface area is 129 Å². The van der Waals surface area contributed by atoms with Crippen LogP contribution in [0.5, 0.6) is 0 Å². The molecular formula is C16H24BrFN2. The first-order valence-corrected chi connectivity index (χ1v) is 8.30. The van der Waals surface area contributed by atoms with Crippen molar-refractivity contribution in [3.05, 3.63) is 34.1 Å². The minimum atomic E-state index is -0.298. The predicted molar refractivity (Wildman–Crippen MR) is 85.1 cm³/mol. The van der Waals surface area contributed by atoms with Crippen molar-refractivity contribution in [2.45, 2.75) is 51.1 Å². The molecule has 0 radical (unpaired) electrons. The van der Waals surface area contributed by atoms with E-state index in [0.29, 0.717) is 10.0 Å². The smallest absolute Gasteiger partial charge is 0.142 e. The quantitative estimate of drug-likeness (QED) is 0.866. The number of hydrogen-bond donors (Lipinski definition) is 1. The zero-order valence-corrected chi connectivity index (χ0v) is 13.9. The summed E-state index contributed by atoms with van der Waals surface area (Å²) in [5.74, 6) is -0.217. The summed E-state index contributed by atoms with van der Waals surface area (Å²) in [6.45, 7) is 6.48. The second kappa shape index (κ2) is 6.54. The highest BCUT2D eigenvalue weighted by molar-refractivity contribution is 9.10. The lowest BCUT2D eigenvalue weighted by Gasteiger charge is -2.45. The molecule has 1 unspecified atom stereocenters. The van der Waals surface area contributed by atoms with Crippen LogP contribution in [0.15, 0.2) is 22.7 Å². The van der Waals surface area contributed by atoms with Gasteiger partial charge in [0.05, 0.1) is 10.5 Å². The van der Waals surface area contributed by atoms with Gasteiger partial charge in [0.2, 0.25) is 0 Å². The van der Waals surface area contributed by atoms with Gasteiger partial charge in [-0.15, -0.1) is 0 Å². The van der Waals surface area contributed by atoms with Crippen LogP contribution in [0.3, 0.4) is 0 Å². The fourth-order valence-electron chi connectivity index (χ4n) is 3.55. The topological polar surface area (TPSA) is 29.3 Å². The van der Waals surface area contributed by atoms with E-state index in [1.54, 1.807) is 6.07 Å². The molecule has 0 aliphatic carbocycles. The van der Waals surface area contributed by atoms with E-state index in [1.165, 1.54) is 12.8 Å². The predicted octanol–water partition coefficient (Wildman–Crippen LogP) is 4.24. The Morgan fingerprint density at radius 2 is 1.90 bits per heavy atom. The van der Waals surface area contributed by atoms with Crippen LogP contribution in [0.1, 0.15) is 51.1 Å². The summed E-state index contributed by atoms with van der Waals surface area (Å²) in [6.07, 6.45) is 4.32. The Kier molecular flexibility index (Phi) is 5.21. The Hall–Kier alpha value is -0.450. The van der Waals surface area contributed by atoms with Gasteiger partial charge >= 0.3 is 0 Å². The molecule has 1 saturated heterocycles. The van der Waals surface area contributed by atoms with Crippen molar-refractivity contribution in [1.82, 2.24) is 4.90 Å². The average molecular weight is 343 g/mol. The summed E-state index contributed by atoms with van der Waals surface area (Å²) in [5, 5.41) is 0. The van der Waals surface area contributed by atoms with Gasteiger partial charge in [0.15, 0.2) is 0 Å². The first-order valence-electron chi connectivity index (χ1n) is 7.51. The maximum Gasteiger partial charge on any atom is 0.142 e. The average Bonchev–Trinajstić information content (AvgIpc) is 2.98. The molecule has 2 rings (SSSR count). The van der Waals surface area contributed by atoms with Crippen molar-refractivity contribution < 1.29 is 4.39 Å². The monoisotopic (exact) mass is 342 g/mol. The van der Waals surface area contributed by atoms with Gasteiger partial charge in [0, 0.05) is 11.1 Å². The lowest BCUT2D eigenvalue weighted by molar-refractivity contribution is 0.0753. The van der Waals surface area contributed by atoms with Crippen LogP contribution < -0.4 is 5.73 Å². The van der Waals surface area contributed by atoms with Gasteiger partial charge in [0.25, 0.3) is 0 Å². The third-order valence-corrected chi connectivity index (χ3v) is 5.47. The molecule has 1 aromatic rings. The van der Waals surface area contributed by atoms with Crippen LogP contribution in [0.4, 0.5) is 4.39 Å². The molecule has 2 nitrogen and oxygen atoms in total. The van der Waals surface area contributed by atoms with E-state index in [9.17, 15) is 4.39 Å². The molecule has 0 amide bonds. The first kappa shape index (κ1) is 15.9. The SMILES string of the molecule is CCC(CC)(C(N)c1cccc(Br)c1F)N1CCCC1. The Morgan fingerprint density at radius 1 is 1.30 bits per heavy atom. The summed E-state index contributed by atoms with van der Waals surface area (Å²) in [4.78, 5) is 2.47. The number of likely N-dealkylation sites (tertiary alicyclic amines) is 1. The molecule has 0 aromatic heterocycles.